The lowest BCUT2D eigenvalue weighted by atomic mass is 10.1. The molecule has 0 atom stereocenters. The Balaban J connectivity index is 1.86. The molecule has 132 valence electrons. The summed E-state index contributed by atoms with van der Waals surface area (Å²) in [6.07, 6.45) is 1.48. The molecule has 7 heteroatoms. The van der Waals surface area contributed by atoms with Crippen LogP contribution < -0.4 is 19.5 Å². The van der Waals surface area contributed by atoms with Gasteiger partial charge in [-0.2, -0.15) is 5.26 Å². The third-order valence-corrected chi connectivity index (χ3v) is 4.21. The zero-order valence-electron chi connectivity index (χ0n) is 14.1. The van der Waals surface area contributed by atoms with Gasteiger partial charge in [0.25, 0.3) is 5.91 Å². The van der Waals surface area contributed by atoms with Crippen LogP contribution >= 0.6 is 11.6 Å². The normalized spacial score (nSPS) is 12.5. The molecule has 3 rings (SSSR count). The van der Waals surface area contributed by atoms with Gasteiger partial charge in [-0.15, -0.1) is 0 Å². The van der Waals surface area contributed by atoms with Crippen LogP contribution in [-0.2, 0) is 4.79 Å². The second kappa shape index (κ2) is 7.38. The van der Waals surface area contributed by atoms with E-state index in [0.717, 1.165) is 5.56 Å². The van der Waals surface area contributed by atoms with Gasteiger partial charge < -0.3 is 19.5 Å². The molecule has 0 unspecified atom stereocenters. The number of fused-ring (bicyclic) bond motifs is 1. The first kappa shape index (κ1) is 17.6. The number of amides is 1. The van der Waals surface area contributed by atoms with E-state index in [2.05, 4.69) is 5.32 Å². The number of rotatable bonds is 4. The smallest absolute Gasteiger partial charge is 0.266 e. The molecule has 0 saturated carbocycles. The molecular formula is C19H15ClN2O4. The third-order valence-electron chi connectivity index (χ3n) is 3.80. The number of carbonyl (C=O) groups excluding carboxylic acids is 1. The van der Waals surface area contributed by atoms with Crippen molar-refractivity contribution in [3.63, 3.8) is 0 Å². The number of nitrogens with one attached hydrogen (secondary N) is 1. The largest absolute Gasteiger partial charge is 0.495 e. The maximum Gasteiger partial charge on any atom is 0.266 e. The van der Waals surface area contributed by atoms with E-state index in [-0.39, 0.29) is 12.4 Å². The predicted molar refractivity (Wildman–Crippen MR) is 97.5 cm³/mol. The number of benzene rings is 2. The molecule has 1 heterocycles. The first-order chi connectivity index (χ1) is 12.5. The van der Waals surface area contributed by atoms with Crippen LogP contribution in [0.4, 0.5) is 5.69 Å². The summed E-state index contributed by atoms with van der Waals surface area (Å²) >= 11 is 6.07. The Kier molecular flexibility index (Phi) is 5.01. The van der Waals surface area contributed by atoms with Crippen LogP contribution in [0.3, 0.4) is 0 Å². The van der Waals surface area contributed by atoms with Gasteiger partial charge in [0.2, 0.25) is 6.79 Å². The fraction of sp³-hybridized carbons (Fsp3) is 0.158. The highest BCUT2D eigenvalue weighted by Gasteiger charge is 2.16. The number of nitrogens with zero attached hydrogens (tertiary/aromatic N) is 1. The SMILES string of the molecule is COc1cc(Cl)c(C)cc1NC(=O)/C(C#N)=C\c1ccc2c(c1)OCO2. The van der Waals surface area contributed by atoms with Crippen LogP contribution in [0.15, 0.2) is 35.9 Å². The van der Waals surface area contributed by atoms with Crippen molar-refractivity contribution in [2.75, 3.05) is 19.2 Å². The second-order valence-electron chi connectivity index (χ2n) is 5.54. The minimum absolute atomic E-state index is 0.0569. The summed E-state index contributed by atoms with van der Waals surface area (Å²) in [6, 6.07) is 10.4. The van der Waals surface area contributed by atoms with Gasteiger partial charge in [0.15, 0.2) is 11.5 Å². The molecule has 0 aliphatic carbocycles. The number of ether oxygens (including phenoxy) is 3. The minimum atomic E-state index is -0.551. The predicted octanol–water partition coefficient (Wildman–Crippen LogP) is 3.93. The molecule has 0 fully saturated rings. The van der Waals surface area contributed by atoms with Crippen molar-refractivity contribution in [3.8, 4) is 23.3 Å². The van der Waals surface area contributed by atoms with Crippen molar-refractivity contribution in [2.45, 2.75) is 6.92 Å². The van der Waals surface area contributed by atoms with E-state index in [1.54, 1.807) is 30.3 Å². The van der Waals surface area contributed by atoms with Gasteiger partial charge in [-0.05, 0) is 42.3 Å². The van der Waals surface area contributed by atoms with Crippen LogP contribution in [0.25, 0.3) is 6.08 Å². The molecule has 0 radical (unpaired) electrons. The van der Waals surface area contributed by atoms with Gasteiger partial charge in [-0.1, -0.05) is 17.7 Å². The maximum atomic E-state index is 12.5. The summed E-state index contributed by atoms with van der Waals surface area (Å²) in [6.45, 7) is 1.97. The summed E-state index contributed by atoms with van der Waals surface area (Å²) in [4.78, 5) is 12.5. The van der Waals surface area contributed by atoms with Crippen LogP contribution in [-0.4, -0.2) is 19.8 Å². The average molecular weight is 371 g/mol. The lowest BCUT2D eigenvalue weighted by Gasteiger charge is -2.12. The minimum Gasteiger partial charge on any atom is -0.495 e. The fourth-order valence-corrected chi connectivity index (χ4v) is 2.59. The number of aryl methyl sites for hydroxylation is 1. The molecule has 1 amide bonds. The molecule has 0 aromatic heterocycles. The van der Waals surface area contributed by atoms with E-state index < -0.39 is 5.91 Å². The Morgan fingerprint density at radius 1 is 1.31 bits per heavy atom. The highest BCUT2D eigenvalue weighted by atomic mass is 35.5. The van der Waals surface area contributed by atoms with Crippen molar-refractivity contribution in [2.24, 2.45) is 0 Å². The lowest BCUT2D eigenvalue weighted by molar-refractivity contribution is -0.112. The number of hydrogen-bond donors (Lipinski definition) is 1. The number of carbonyl (C=O) groups is 1. The van der Waals surface area contributed by atoms with Crippen molar-refractivity contribution < 1.29 is 19.0 Å². The Bertz CT molecular complexity index is 947. The molecule has 0 saturated heterocycles. The Labute approximate surface area is 155 Å². The monoisotopic (exact) mass is 370 g/mol. The Hall–Kier alpha value is -3.17. The van der Waals surface area contributed by atoms with E-state index in [9.17, 15) is 10.1 Å². The number of nitriles is 1. The fourth-order valence-electron chi connectivity index (χ4n) is 2.44. The van der Waals surface area contributed by atoms with Crippen LogP contribution in [0.2, 0.25) is 5.02 Å². The molecule has 1 N–H and O–H groups in total. The molecule has 26 heavy (non-hydrogen) atoms. The molecule has 1 aliphatic heterocycles. The lowest BCUT2D eigenvalue weighted by Crippen LogP contribution is -2.14. The Morgan fingerprint density at radius 2 is 2.08 bits per heavy atom. The molecule has 2 aromatic carbocycles. The topological polar surface area (TPSA) is 80.6 Å². The summed E-state index contributed by atoms with van der Waals surface area (Å²) in [5, 5.41) is 12.6. The zero-order chi connectivity index (χ0) is 18.7. The van der Waals surface area contributed by atoms with Crippen LogP contribution in [0.5, 0.6) is 17.2 Å². The van der Waals surface area contributed by atoms with Gasteiger partial charge in [-0.3, -0.25) is 4.79 Å². The van der Waals surface area contributed by atoms with E-state index in [1.807, 2.05) is 13.0 Å². The molecule has 6 nitrogen and oxygen atoms in total. The van der Waals surface area contributed by atoms with Crippen molar-refractivity contribution >= 4 is 29.3 Å². The summed E-state index contributed by atoms with van der Waals surface area (Å²) in [7, 11) is 1.48. The molecule has 1 aliphatic rings. The van der Waals surface area contributed by atoms with E-state index in [1.165, 1.54) is 13.2 Å². The van der Waals surface area contributed by atoms with Gasteiger partial charge in [0.05, 0.1) is 12.8 Å². The molecule has 0 spiro atoms. The summed E-state index contributed by atoms with van der Waals surface area (Å²) < 4.78 is 15.8. The second-order valence-corrected chi connectivity index (χ2v) is 5.95. The standard InChI is InChI=1S/C19H15ClN2O4/c1-11-5-15(17(24-2)8-14(11)20)22-19(23)13(9-21)6-12-3-4-16-18(7-12)26-10-25-16/h3-8H,10H2,1-2H3,(H,22,23)/b13-6-. The third kappa shape index (κ3) is 3.58. The van der Waals surface area contributed by atoms with Crippen molar-refractivity contribution in [1.29, 1.82) is 5.26 Å². The first-order valence-electron chi connectivity index (χ1n) is 7.68. The van der Waals surface area contributed by atoms with E-state index >= 15 is 0 Å². The number of halogens is 1. The highest BCUT2D eigenvalue weighted by molar-refractivity contribution is 6.31. The summed E-state index contributed by atoms with van der Waals surface area (Å²) in [5.74, 6) is 1.07. The van der Waals surface area contributed by atoms with E-state index in [4.69, 9.17) is 25.8 Å². The number of anilines is 1. The van der Waals surface area contributed by atoms with Gasteiger partial charge in [-0.25, -0.2) is 0 Å². The van der Waals surface area contributed by atoms with E-state index in [0.29, 0.717) is 33.5 Å². The van der Waals surface area contributed by atoms with Gasteiger partial charge >= 0.3 is 0 Å². The quantitative estimate of drug-likeness (QED) is 0.651. The van der Waals surface area contributed by atoms with Crippen LogP contribution in [0.1, 0.15) is 11.1 Å². The van der Waals surface area contributed by atoms with Crippen molar-refractivity contribution in [3.05, 3.63) is 52.1 Å². The van der Waals surface area contributed by atoms with Gasteiger partial charge in [0.1, 0.15) is 17.4 Å². The number of hydrogen-bond acceptors (Lipinski definition) is 5. The van der Waals surface area contributed by atoms with Crippen molar-refractivity contribution in [1.82, 2.24) is 0 Å². The zero-order valence-corrected chi connectivity index (χ0v) is 14.9. The Morgan fingerprint density at radius 3 is 2.81 bits per heavy atom. The highest BCUT2D eigenvalue weighted by Crippen LogP contribution is 2.33. The molecular weight excluding hydrogens is 356 g/mol. The maximum absolute atomic E-state index is 12.5. The first-order valence-corrected chi connectivity index (χ1v) is 8.06. The molecule has 0 bridgehead atoms. The average Bonchev–Trinajstić information content (AvgIpc) is 3.10. The molecule has 2 aromatic rings. The number of methoxy groups -OCH3 is 1. The summed E-state index contributed by atoms with van der Waals surface area (Å²) in [5.41, 5.74) is 1.81. The van der Waals surface area contributed by atoms with Gasteiger partial charge in [0, 0.05) is 11.1 Å². The van der Waals surface area contributed by atoms with Crippen LogP contribution in [0, 0.1) is 18.3 Å².